The molecule has 10 nitrogen and oxygen atoms in total. The van der Waals surface area contributed by atoms with Crippen molar-refractivity contribution in [2.75, 3.05) is 26.2 Å². The van der Waals surface area contributed by atoms with E-state index in [-0.39, 0.29) is 35.7 Å². The van der Waals surface area contributed by atoms with E-state index in [1.54, 1.807) is 46.5 Å². The van der Waals surface area contributed by atoms with Crippen LogP contribution < -0.4 is 10.6 Å². The number of para-hydroxylation sites is 2. The largest absolute Gasteiger partial charge is 0.352 e. The number of fused-ring (bicyclic) bond motifs is 4. The van der Waals surface area contributed by atoms with Gasteiger partial charge in [-0.05, 0) is 54.7 Å². The molecule has 4 heterocycles. The van der Waals surface area contributed by atoms with Gasteiger partial charge in [-0.25, -0.2) is 0 Å². The van der Waals surface area contributed by atoms with Gasteiger partial charge in [-0.3, -0.25) is 29.2 Å². The molecule has 2 unspecified atom stereocenters. The van der Waals surface area contributed by atoms with Gasteiger partial charge in [0, 0.05) is 50.8 Å². The van der Waals surface area contributed by atoms with Crippen LogP contribution in [0.15, 0.2) is 81.8 Å². The zero-order chi connectivity index (χ0) is 28.3. The zero-order valence-electron chi connectivity index (χ0n) is 22.5. The van der Waals surface area contributed by atoms with E-state index in [2.05, 4.69) is 20.6 Å². The summed E-state index contributed by atoms with van der Waals surface area (Å²) in [5.74, 6) is -0.624. The van der Waals surface area contributed by atoms with Crippen LogP contribution in [-0.4, -0.2) is 84.1 Å². The Kier molecular flexibility index (Phi) is 7.28. The Morgan fingerprint density at radius 1 is 0.732 bits per heavy atom. The first kappa shape index (κ1) is 26.4. The summed E-state index contributed by atoms with van der Waals surface area (Å²) < 4.78 is 0. The average Bonchev–Trinajstić information content (AvgIpc) is 3.49. The summed E-state index contributed by atoms with van der Waals surface area (Å²) in [7, 11) is 0. The van der Waals surface area contributed by atoms with Crippen LogP contribution in [0.1, 0.15) is 40.0 Å². The van der Waals surface area contributed by atoms with Crippen molar-refractivity contribution in [1.29, 1.82) is 0 Å². The number of hydrogen-bond acceptors (Lipinski definition) is 6. The average molecular weight is 551 g/mol. The van der Waals surface area contributed by atoms with Crippen molar-refractivity contribution in [3.05, 3.63) is 83.0 Å². The lowest BCUT2D eigenvalue weighted by atomic mass is 10.1. The fraction of sp³-hybridized carbons (Fsp3) is 0.290. The highest BCUT2D eigenvalue weighted by Crippen LogP contribution is 2.32. The standard InChI is InChI=1S/C31H30N6O4/c38-28(16-20-10-14-36-26(20)18-34-24-8-3-1-6-22(24)30(36)40)32-12-5-13-33-29(39)17-21-11-15-37-27(21)19-35-25-9-4-2-7-23(25)31(37)41/h1-4,6-9,16-19,26-27H,5,10-15H2,(H,32,38)(H,33,39). The van der Waals surface area contributed by atoms with Crippen LogP contribution in [-0.2, 0) is 9.59 Å². The van der Waals surface area contributed by atoms with Gasteiger partial charge < -0.3 is 20.4 Å². The van der Waals surface area contributed by atoms with Gasteiger partial charge in [-0.2, -0.15) is 0 Å². The number of nitrogens with zero attached hydrogens (tertiary/aromatic N) is 4. The van der Waals surface area contributed by atoms with Crippen LogP contribution in [0.25, 0.3) is 0 Å². The number of carbonyl (C=O) groups is 4. The Bertz CT molecular complexity index is 1430. The Morgan fingerprint density at radius 2 is 1.17 bits per heavy atom. The Labute approximate surface area is 237 Å². The van der Waals surface area contributed by atoms with E-state index in [1.165, 1.54) is 0 Å². The lowest BCUT2D eigenvalue weighted by Crippen LogP contribution is -2.36. The van der Waals surface area contributed by atoms with Gasteiger partial charge in [0.2, 0.25) is 11.8 Å². The van der Waals surface area contributed by atoms with Gasteiger partial charge in [-0.15, -0.1) is 0 Å². The molecule has 41 heavy (non-hydrogen) atoms. The maximum Gasteiger partial charge on any atom is 0.256 e. The van der Waals surface area contributed by atoms with E-state index < -0.39 is 0 Å². The molecule has 0 radical (unpaired) electrons. The molecule has 2 aromatic rings. The van der Waals surface area contributed by atoms with Crippen LogP contribution in [0.5, 0.6) is 0 Å². The second-order valence-electron chi connectivity index (χ2n) is 10.4. The van der Waals surface area contributed by atoms with Crippen LogP contribution >= 0.6 is 0 Å². The first-order chi connectivity index (χ1) is 20.0. The lowest BCUT2D eigenvalue weighted by Gasteiger charge is -2.20. The van der Waals surface area contributed by atoms with Crippen molar-refractivity contribution in [3.63, 3.8) is 0 Å². The Morgan fingerprint density at radius 3 is 1.63 bits per heavy atom. The molecule has 0 saturated carbocycles. The smallest absolute Gasteiger partial charge is 0.256 e. The van der Waals surface area contributed by atoms with Crippen LogP contribution in [0.3, 0.4) is 0 Å². The minimum atomic E-state index is -0.331. The zero-order valence-corrected chi connectivity index (χ0v) is 22.5. The molecule has 208 valence electrons. The predicted molar refractivity (Wildman–Crippen MR) is 155 cm³/mol. The molecule has 2 atom stereocenters. The Balaban J connectivity index is 0.973. The monoisotopic (exact) mass is 550 g/mol. The fourth-order valence-corrected chi connectivity index (χ4v) is 5.69. The highest BCUT2D eigenvalue weighted by molar-refractivity contribution is 6.05. The normalized spacial score (nSPS) is 22.6. The molecular formula is C31H30N6O4. The van der Waals surface area contributed by atoms with Crippen molar-refractivity contribution in [2.24, 2.45) is 9.98 Å². The molecule has 4 aliphatic heterocycles. The molecule has 2 aromatic carbocycles. The summed E-state index contributed by atoms with van der Waals surface area (Å²) in [5.41, 5.74) is 4.12. The van der Waals surface area contributed by atoms with E-state index >= 15 is 0 Å². The van der Waals surface area contributed by atoms with Crippen LogP contribution in [0, 0.1) is 0 Å². The summed E-state index contributed by atoms with van der Waals surface area (Å²) in [4.78, 5) is 63.5. The molecule has 0 spiro atoms. The topological polar surface area (TPSA) is 124 Å². The third kappa shape index (κ3) is 5.32. The number of hydrogen-bond donors (Lipinski definition) is 2. The van der Waals surface area contributed by atoms with E-state index in [0.29, 0.717) is 67.9 Å². The predicted octanol–water partition coefficient (Wildman–Crippen LogP) is 2.72. The van der Waals surface area contributed by atoms with Crippen molar-refractivity contribution in [3.8, 4) is 0 Å². The summed E-state index contributed by atoms with van der Waals surface area (Å²) in [5, 5.41) is 5.72. The number of rotatable bonds is 6. The van der Waals surface area contributed by atoms with Gasteiger partial charge in [0.05, 0.1) is 34.6 Å². The third-order valence-corrected chi connectivity index (χ3v) is 7.80. The highest BCUT2D eigenvalue weighted by atomic mass is 16.2. The summed E-state index contributed by atoms with van der Waals surface area (Å²) >= 11 is 0. The molecule has 10 heteroatoms. The molecule has 0 bridgehead atoms. The lowest BCUT2D eigenvalue weighted by molar-refractivity contribution is -0.116. The van der Waals surface area contributed by atoms with Crippen molar-refractivity contribution in [2.45, 2.75) is 31.3 Å². The van der Waals surface area contributed by atoms with Gasteiger partial charge in [0.15, 0.2) is 0 Å². The summed E-state index contributed by atoms with van der Waals surface area (Å²) in [6.07, 6.45) is 8.37. The summed E-state index contributed by atoms with van der Waals surface area (Å²) in [6.45, 7) is 1.86. The first-order valence-corrected chi connectivity index (χ1v) is 13.8. The van der Waals surface area contributed by atoms with E-state index in [9.17, 15) is 19.2 Å². The maximum atomic E-state index is 13.0. The molecule has 0 aromatic heterocycles. The number of benzene rings is 2. The molecular weight excluding hydrogens is 520 g/mol. The highest BCUT2D eigenvalue weighted by Gasteiger charge is 2.36. The van der Waals surface area contributed by atoms with Gasteiger partial charge >= 0.3 is 0 Å². The molecule has 2 saturated heterocycles. The van der Waals surface area contributed by atoms with Gasteiger partial charge in [0.1, 0.15) is 0 Å². The van der Waals surface area contributed by atoms with Crippen LogP contribution in [0.4, 0.5) is 11.4 Å². The minimum Gasteiger partial charge on any atom is -0.352 e. The third-order valence-electron chi connectivity index (χ3n) is 7.80. The fourth-order valence-electron chi connectivity index (χ4n) is 5.69. The molecule has 0 aliphatic carbocycles. The number of amides is 4. The van der Waals surface area contributed by atoms with Gasteiger partial charge in [-0.1, -0.05) is 24.3 Å². The molecule has 2 fully saturated rings. The first-order valence-electron chi connectivity index (χ1n) is 13.8. The minimum absolute atomic E-state index is 0.0778. The molecule has 4 aliphatic rings. The SMILES string of the molecule is O=C(C=C1CCN2C(=O)c3ccccc3N=CC12)NCCCNC(=O)C=C1CCN2C(=O)c3ccccc3N=CC12. The van der Waals surface area contributed by atoms with Crippen molar-refractivity contribution in [1.82, 2.24) is 20.4 Å². The molecule has 4 amide bonds. The van der Waals surface area contributed by atoms with Crippen molar-refractivity contribution >= 4 is 47.4 Å². The number of nitrogens with one attached hydrogen (secondary N) is 2. The van der Waals surface area contributed by atoms with E-state index in [4.69, 9.17) is 0 Å². The van der Waals surface area contributed by atoms with Gasteiger partial charge in [0.25, 0.3) is 11.8 Å². The second-order valence-corrected chi connectivity index (χ2v) is 10.4. The number of carbonyl (C=O) groups excluding carboxylic acids is 4. The second kappa shape index (κ2) is 11.3. The quantitative estimate of drug-likeness (QED) is 0.424. The number of aliphatic imine (C=N–C) groups is 2. The Hall–Kier alpha value is -4.86. The van der Waals surface area contributed by atoms with E-state index in [1.807, 2.05) is 36.4 Å². The van der Waals surface area contributed by atoms with E-state index in [0.717, 1.165) is 11.1 Å². The molecule has 2 N–H and O–H groups in total. The van der Waals surface area contributed by atoms with Crippen LogP contribution in [0.2, 0.25) is 0 Å². The van der Waals surface area contributed by atoms with Crippen molar-refractivity contribution < 1.29 is 19.2 Å². The molecule has 6 rings (SSSR count). The maximum absolute atomic E-state index is 13.0. The summed E-state index contributed by atoms with van der Waals surface area (Å²) in [6, 6.07) is 13.8.